The van der Waals surface area contributed by atoms with E-state index < -0.39 is 5.97 Å². The molecule has 4 aromatic rings. The summed E-state index contributed by atoms with van der Waals surface area (Å²) in [5.74, 6) is 4.36. The number of carbonyl (C=O) groups is 2. The van der Waals surface area contributed by atoms with Gasteiger partial charge in [0.15, 0.2) is 11.4 Å². The fourth-order valence-electron chi connectivity index (χ4n) is 7.16. The van der Waals surface area contributed by atoms with Crippen LogP contribution in [-0.4, -0.2) is 80.4 Å². The van der Waals surface area contributed by atoms with Crippen LogP contribution in [0.5, 0.6) is 0 Å². The summed E-state index contributed by atoms with van der Waals surface area (Å²) in [7, 11) is 0. The van der Waals surface area contributed by atoms with E-state index in [9.17, 15) is 14.9 Å². The third kappa shape index (κ3) is 7.63. The average molecular weight is 757 g/mol. The SMILES string of the molecule is CCOC(=O)c1cn(Cc2cc(Br)c(N3CC4CC4C3)nc2C)cn1.CCOC(=O)c1cn(Cc2cc(C#N)c(N3CC4CC4C3)nc2C)cn1. The summed E-state index contributed by atoms with van der Waals surface area (Å²) < 4.78 is 14.7. The van der Waals surface area contributed by atoms with Gasteiger partial charge in [-0.15, -0.1) is 0 Å². The standard InChI is InChI=1S/C19H21N5O2.C18H21BrN4O2/c1-3-26-19(25)17-10-23(11-21-17)7-14-4-13(6-20)18(22-12(14)2)24-8-15-5-16(15)9-24;1-3-25-18(24)16-9-22(10-20-16)6-12-5-15(19)17(21-11(12)2)23-7-13-4-14(13)8-23/h4,10-11,15-16H,3,5,7-9H2,1-2H3;5,9-10,13-14H,3-4,6-8H2,1-2H3. The van der Waals surface area contributed by atoms with Gasteiger partial charge >= 0.3 is 11.9 Å². The molecule has 4 unspecified atom stereocenters. The van der Waals surface area contributed by atoms with Crippen molar-refractivity contribution in [3.63, 3.8) is 0 Å². The van der Waals surface area contributed by atoms with Gasteiger partial charge in [-0.05, 0) is 103 Å². The van der Waals surface area contributed by atoms with Gasteiger partial charge in [0.25, 0.3) is 0 Å². The molecule has 0 bridgehead atoms. The highest BCUT2D eigenvalue weighted by molar-refractivity contribution is 9.10. The summed E-state index contributed by atoms with van der Waals surface area (Å²) in [6.07, 6.45) is 9.33. The second kappa shape index (κ2) is 14.5. The number of imidazole rings is 2. The number of rotatable bonds is 10. The third-order valence-corrected chi connectivity index (χ3v) is 10.8. The summed E-state index contributed by atoms with van der Waals surface area (Å²) >= 11 is 3.69. The van der Waals surface area contributed by atoms with Gasteiger partial charge in [-0.25, -0.2) is 29.5 Å². The van der Waals surface area contributed by atoms with Crippen molar-refractivity contribution in [2.24, 2.45) is 23.7 Å². The van der Waals surface area contributed by atoms with Crippen molar-refractivity contribution in [3.8, 4) is 6.07 Å². The number of aromatic nitrogens is 6. The van der Waals surface area contributed by atoms with E-state index >= 15 is 0 Å². The first-order valence-corrected chi connectivity index (χ1v) is 18.4. The number of pyridine rings is 2. The Balaban J connectivity index is 0.000000159. The molecule has 0 aromatic carbocycles. The molecule has 0 amide bonds. The molecule has 0 spiro atoms. The number of ether oxygens (including phenoxy) is 2. The van der Waals surface area contributed by atoms with Crippen LogP contribution >= 0.6 is 15.9 Å². The van der Waals surface area contributed by atoms with E-state index in [2.05, 4.69) is 47.8 Å². The number of anilines is 2. The summed E-state index contributed by atoms with van der Waals surface area (Å²) in [5, 5.41) is 9.58. The zero-order valence-electron chi connectivity index (χ0n) is 29.4. The molecule has 4 atom stereocenters. The van der Waals surface area contributed by atoms with Crippen molar-refractivity contribution in [2.75, 3.05) is 49.2 Å². The predicted octanol–water partition coefficient (Wildman–Crippen LogP) is 5.17. The molecule has 4 aromatic heterocycles. The molecule has 266 valence electrons. The molecule has 2 aliphatic carbocycles. The number of fused-ring (bicyclic) bond motifs is 2. The van der Waals surface area contributed by atoms with E-state index in [4.69, 9.17) is 19.4 Å². The molecular formula is C37H42BrN9O4. The number of hydrogen-bond donors (Lipinski definition) is 0. The van der Waals surface area contributed by atoms with Gasteiger partial charge in [0.05, 0.1) is 49.0 Å². The number of aryl methyl sites for hydroxylation is 2. The molecule has 2 aliphatic heterocycles. The molecule has 8 rings (SSSR count). The quantitative estimate of drug-likeness (QED) is 0.198. The molecule has 2 saturated carbocycles. The molecule has 4 aliphatic rings. The van der Waals surface area contributed by atoms with Gasteiger partial charge in [0.2, 0.25) is 0 Å². The van der Waals surface area contributed by atoms with Gasteiger partial charge in [-0.1, -0.05) is 0 Å². The highest BCUT2D eigenvalue weighted by atomic mass is 79.9. The van der Waals surface area contributed by atoms with Crippen LogP contribution in [0.3, 0.4) is 0 Å². The van der Waals surface area contributed by atoms with E-state index in [0.717, 1.165) is 88.5 Å². The number of esters is 2. The maximum absolute atomic E-state index is 11.7. The van der Waals surface area contributed by atoms with Crippen molar-refractivity contribution < 1.29 is 19.1 Å². The first-order valence-electron chi connectivity index (χ1n) is 17.6. The van der Waals surface area contributed by atoms with Gasteiger partial charge in [-0.3, -0.25) is 0 Å². The van der Waals surface area contributed by atoms with Gasteiger partial charge < -0.3 is 28.4 Å². The van der Waals surface area contributed by atoms with Crippen LogP contribution in [0, 0.1) is 48.9 Å². The fraction of sp³-hybridized carbons (Fsp3) is 0.486. The van der Waals surface area contributed by atoms with Crippen molar-refractivity contribution in [2.45, 2.75) is 53.6 Å². The Morgan fingerprint density at radius 3 is 1.71 bits per heavy atom. The Morgan fingerprint density at radius 1 is 0.784 bits per heavy atom. The van der Waals surface area contributed by atoms with E-state index in [0.29, 0.717) is 37.6 Å². The van der Waals surface area contributed by atoms with E-state index in [-0.39, 0.29) is 11.7 Å². The second-order valence-corrected chi connectivity index (χ2v) is 14.7. The van der Waals surface area contributed by atoms with Crippen molar-refractivity contribution in [1.82, 2.24) is 29.1 Å². The number of piperidine rings is 2. The summed E-state index contributed by atoms with van der Waals surface area (Å²) in [5.41, 5.74) is 5.18. The Morgan fingerprint density at radius 2 is 1.24 bits per heavy atom. The zero-order valence-corrected chi connectivity index (χ0v) is 31.0. The molecule has 51 heavy (non-hydrogen) atoms. The molecule has 2 saturated heterocycles. The Hall–Kier alpha value is -4.77. The largest absolute Gasteiger partial charge is 0.461 e. The smallest absolute Gasteiger partial charge is 0.358 e. The first kappa shape index (κ1) is 34.7. The first-order chi connectivity index (χ1) is 24.6. The molecule has 13 nitrogen and oxygen atoms in total. The number of carbonyl (C=O) groups excluding carboxylic acids is 2. The molecule has 4 fully saturated rings. The average Bonchev–Trinajstić information content (AvgIpc) is 3.64. The Kier molecular flexibility index (Phi) is 9.83. The lowest BCUT2D eigenvalue weighted by atomic mass is 10.1. The van der Waals surface area contributed by atoms with Crippen LogP contribution in [0.2, 0.25) is 0 Å². The highest BCUT2D eigenvalue weighted by Gasteiger charge is 2.46. The summed E-state index contributed by atoms with van der Waals surface area (Å²) in [6.45, 7) is 13.6. The maximum atomic E-state index is 11.7. The van der Waals surface area contributed by atoms with Crippen molar-refractivity contribution in [3.05, 3.63) is 81.1 Å². The lowest BCUT2D eigenvalue weighted by Crippen LogP contribution is -2.24. The van der Waals surface area contributed by atoms with Crippen LogP contribution in [0.1, 0.15) is 75.7 Å². The van der Waals surface area contributed by atoms with Gasteiger partial charge in [0.1, 0.15) is 17.7 Å². The number of nitrogens with zero attached hydrogens (tertiary/aromatic N) is 9. The highest BCUT2D eigenvalue weighted by Crippen LogP contribution is 2.47. The minimum Gasteiger partial charge on any atom is -0.461 e. The second-order valence-electron chi connectivity index (χ2n) is 13.9. The van der Waals surface area contributed by atoms with Crippen LogP contribution in [-0.2, 0) is 22.6 Å². The minimum absolute atomic E-state index is 0.283. The van der Waals surface area contributed by atoms with Crippen LogP contribution in [0.25, 0.3) is 0 Å². The molecule has 0 radical (unpaired) electrons. The summed E-state index contributed by atoms with van der Waals surface area (Å²) in [4.78, 5) is 45.9. The van der Waals surface area contributed by atoms with E-state index in [1.54, 1.807) is 38.9 Å². The zero-order chi connectivity index (χ0) is 35.8. The van der Waals surface area contributed by atoms with Crippen molar-refractivity contribution >= 4 is 39.5 Å². The topological polar surface area (TPSA) is 144 Å². The molecular weight excluding hydrogens is 714 g/mol. The minimum atomic E-state index is -0.429. The monoisotopic (exact) mass is 755 g/mol. The van der Waals surface area contributed by atoms with Gasteiger partial charge in [0, 0.05) is 50.0 Å². The van der Waals surface area contributed by atoms with Crippen LogP contribution in [0.15, 0.2) is 41.7 Å². The van der Waals surface area contributed by atoms with Crippen molar-refractivity contribution in [1.29, 1.82) is 5.26 Å². The van der Waals surface area contributed by atoms with E-state index in [1.807, 2.05) is 29.0 Å². The van der Waals surface area contributed by atoms with Crippen LogP contribution in [0.4, 0.5) is 11.6 Å². The number of halogens is 1. The third-order valence-electron chi connectivity index (χ3n) is 10.2. The van der Waals surface area contributed by atoms with Crippen LogP contribution < -0.4 is 9.80 Å². The lowest BCUT2D eigenvalue weighted by Gasteiger charge is -2.22. The maximum Gasteiger partial charge on any atom is 0.358 e. The number of hydrogen-bond acceptors (Lipinski definition) is 11. The van der Waals surface area contributed by atoms with E-state index in [1.165, 1.54) is 12.8 Å². The molecule has 0 N–H and O–H groups in total. The lowest BCUT2D eigenvalue weighted by molar-refractivity contribution is 0.0510. The normalized spacial score (nSPS) is 20.9. The fourth-order valence-corrected chi connectivity index (χ4v) is 7.77. The molecule has 6 heterocycles. The predicted molar refractivity (Wildman–Crippen MR) is 193 cm³/mol. The Bertz CT molecular complexity index is 1980. The Labute approximate surface area is 305 Å². The number of nitriles is 1. The molecule has 14 heteroatoms. The van der Waals surface area contributed by atoms with Gasteiger partial charge in [-0.2, -0.15) is 5.26 Å². The summed E-state index contributed by atoms with van der Waals surface area (Å²) in [6, 6.07) is 6.33.